The topological polar surface area (TPSA) is 95.2 Å². The molecule has 2 unspecified atom stereocenters. The van der Waals surface area contributed by atoms with Crippen LogP contribution >= 0.6 is 0 Å². The van der Waals surface area contributed by atoms with Crippen molar-refractivity contribution in [2.24, 2.45) is 5.10 Å². The molecule has 2 aliphatic heterocycles. The van der Waals surface area contributed by atoms with Gasteiger partial charge in [-0.3, -0.25) is 14.5 Å². The van der Waals surface area contributed by atoms with Gasteiger partial charge in [0.25, 0.3) is 11.8 Å². The highest BCUT2D eigenvalue weighted by Crippen LogP contribution is 2.35. The first kappa shape index (κ1) is 22.6. The molecule has 8 heteroatoms. The maximum atomic E-state index is 13.4. The van der Waals surface area contributed by atoms with E-state index in [2.05, 4.69) is 10.4 Å². The summed E-state index contributed by atoms with van der Waals surface area (Å²) in [5, 5.41) is 8.70. The molecule has 35 heavy (non-hydrogen) atoms. The normalized spacial score (nSPS) is 21.9. The van der Waals surface area contributed by atoms with Gasteiger partial charge in [-0.15, -0.1) is 0 Å². The van der Waals surface area contributed by atoms with Gasteiger partial charge in [-0.2, -0.15) is 5.10 Å². The van der Waals surface area contributed by atoms with E-state index in [-0.39, 0.29) is 0 Å². The van der Waals surface area contributed by atoms with Gasteiger partial charge in [0.1, 0.15) is 23.9 Å². The van der Waals surface area contributed by atoms with Crippen molar-refractivity contribution < 1.29 is 18.8 Å². The van der Waals surface area contributed by atoms with E-state index in [0.29, 0.717) is 17.7 Å². The van der Waals surface area contributed by atoms with E-state index in [9.17, 15) is 14.4 Å². The summed E-state index contributed by atoms with van der Waals surface area (Å²) in [5.41, 5.74) is 3.10. The van der Waals surface area contributed by atoms with Crippen LogP contribution in [0.5, 0.6) is 0 Å². The fraction of sp³-hybridized carbons (Fsp3) is 0.259. The van der Waals surface area contributed by atoms with Crippen molar-refractivity contribution >= 4 is 23.6 Å². The summed E-state index contributed by atoms with van der Waals surface area (Å²) in [7, 11) is 0. The second kappa shape index (κ2) is 8.54. The van der Waals surface area contributed by atoms with E-state index < -0.39 is 36.0 Å². The minimum atomic E-state index is -1.25. The molecule has 3 heterocycles. The van der Waals surface area contributed by atoms with Crippen LogP contribution in [0.1, 0.15) is 47.4 Å². The summed E-state index contributed by atoms with van der Waals surface area (Å²) in [6.45, 7) is 5.13. The number of carbonyl (C=O) groups excluding carboxylic acids is 3. The van der Waals surface area contributed by atoms with Crippen LogP contribution in [-0.2, 0) is 15.1 Å². The molecular formula is C27H26N4O4. The predicted molar refractivity (Wildman–Crippen MR) is 129 cm³/mol. The van der Waals surface area contributed by atoms with E-state index in [0.717, 1.165) is 27.3 Å². The maximum absolute atomic E-state index is 13.4. The van der Waals surface area contributed by atoms with E-state index in [1.807, 2.05) is 62.4 Å². The van der Waals surface area contributed by atoms with Crippen molar-refractivity contribution in [3.63, 3.8) is 0 Å². The average molecular weight is 471 g/mol. The molecule has 2 aliphatic rings. The predicted octanol–water partition coefficient (Wildman–Crippen LogP) is 4.04. The summed E-state index contributed by atoms with van der Waals surface area (Å²) in [5.74, 6) is -0.348. The van der Waals surface area contributed by atoms with Crippen LogP contribution in [0.3, 0.4) is 0 Å². The van der Waals surface area contributed by atoms with E-state index in [1.54, 1.807) is 25.3 Å². The van der Waals surface area contributed by atoms with Gasteiger partial charge in [0.15, 0.2) is 0 Å². The molecule has 178 valence electrons. The van der Waals surface area contributed by atoms with Gasteiger partial charge >= 0.3 is 6.03 Å². The highest BCUT2D eigenvalue weighted by molar-refractivity contribution is 6.09. The summed E-state index contributed by atoms with van der Waals surface area (Å²) < 4.78 is 5.59. The van der Waals surface area contributed by atoms with Gasteiger partial charge in [-0.1, -0.05) is 54.1 Å². The van der Waals surface area contributed by atoms with E-state index in [1.165, 1.54) is 5.01 Å². The molecule has 0 saturated carbocycles. The Balaban J connectivity index is 1.42. The minimum absolute atomic E-state index is 0.423. The highest BCUT2D eigenvalue weighted by atomic mass is 16.3. The zero-order valence-electron chi connectivity index (χ0n) is 19.8. The van der Waals surface area contributed by atoms with Crippen molar-refractivity contribution in [3.8, 4) is 0 Å². The number of nitrogens with zero attached hydrogens (tertiary/aromatic N) is 3. The third-order valence-corrected chi connectivity index (χ3v) is 6.67. The Labute approximate surface area is 203 Å². The molecule has 3 aromatic rings. The lowest BCUT2D eigenvalue weighted by atomic mass is 9.88. The molecule has 8 nitrogen and oxygen atoms in total. The Morgan fingerprint density at radius 2 is 1.83 bits per heavy atom. The molecule has 2 atom stereocenters. The number of amides is 4. The van der Waals surface area contributed by atoms with Crippen LogP contribution in [0, 0.1) is 13.8 Å². The van der Waals surface area contributed by atoms with E-state index in [4.69, 9.17) is 4.42 Å². The molecule has 2 aromatic carbocycles. The van der Waals surface area contributed by atoms with Gasteiger partial charge in [0.05, 0.1) is 12.0 Å². The lowest BCUT2D eigenvalue weighted by Crippen LogP contribution is -2.43. The summed E-state index contributed by atoms with van der Waals surface area (Å²) in [6.07, 6.45) is 2.01. The molecular weight excluding hydrogens is 444 g/mol. The summed E-state index contributed by atoms with van der Waals surface area (Å²) in [4.78, 5) is 40.6. The zero-order chi connectivity index (χ0) is 24.7. The first-order valence-corrected chi connectivity index (χ1v) is 11.5. The van der Waals surface area contributed by atoms with Crippen LogP contribution in [-0.4, -0.2) is 40.0 Å². The smallest absolute Gasteiger partial charge is 0.325 e. The molecule has 0 bridgehead atoms. The van der Waals surface area contributed by atoms with Crippen LogP contribution in [0.15, 0.2) is 76.4 Å². The Kier molecular flexibility index (Phi) is 5.51. The minimum Gasteiger partial charge on any atom is -0.467 e. The van der Waals surface area contributed by atoms with Crippen molar-refractivity contribution in [2.45, 2.75) is 38.8 Å². The maximum Gasteiger partial charge on any atom is 0.325 e. The van der Waals surface area contributed by atoms with Crippen molar-refractivity contribution in [3.05, 3.63) is 94.9 Å². The Hall–Kier alpha value is -4.20. The number of nitrogens with one attached hydrogen (secondary N) is 1. The van der Waals surface area contributed by atoms with Crippen molar-refractivity contribution in [1.82, 2.24) is 15.2 Å². The Morgan fingerprint density at radius 3 is 2.51 bits per heavy atom. The SMILES string of the molecule is Cc1ccc(C2=NN(C(=O)CN3C(=O)NC(C)(c4ccccc4C)C3=O)C(c3ccco3)C2)cc1. The zero-order valence-corrected chi connectivity index (χ0v) is 19.8. The fourth-order valence-electron chi connectivity index (χ4n) is 4.73. The molecule has 0 aliphatic carbocycles. The molecule has 1 saturated heterocycles. The number of rotatable bonds is 5. The van der Waals surface area contributed by atoms with Gasteiger partial charge in [-0.05, 0) is 49.6 Å². The number of hydrogen-bond donors (Lipinski definition) is 1. The third-order valence-electron chi connectivity index (χ3n) is 6.67. The highest BCUT2D eigenvalue weighted by Gasteiger charge is 2.50. The molecule has 0 radical (unpaired) electrons. The van der Waals surface area contributed by atoms with Crippen molar-refractivity contribution in [1.29, 1.82) is 0 Å². The quantitative estimate of drug-likeness (QED) is 0.570. The van der Waals surface area contributed by atoms with Crippen LogP contribution in [0.2, 0.25) is 0 Å². The Bertz CT molecular complexity index is 1330. The second-order valence-electron chi connectivity index (χ2n) is 9.15. The molecule has 1 aromatic heterocycles. The fourth-order valence-corrected chi connectivity index (χ4v) is 4.73. The number of aryl methyl sites for hydroxylation is 2. The van der Waals surface area contributed by atoms with Crippen LogP contribution in [0.25, 0.3) is 0 Å². The number of furan rings is 1. The van der Waals surface area contributed by atoms with Gasteiger partial charge in [0, 0.05) is 6.42 Å². The molecule has 1 fully saturated rings. The van der Waals surface area contributed by atoms with Crippen LogP contribution in [0.4, 0.5) is 4.79 Å². The van der Waals surface area contributed by atoms with Crippen LogP contribution < -0.4 is 5.32 Å². The first-order chi connectivity index (χ1) is 16.8. The summed E-state index contributed by atoms with van der Waals surface area (Å²) >= 11 is 0. The lowest BCUT2D eigenvalue weighted by Gasteiger charge is -2.25. The third kappa shape index (κ3) is 3.90. The molecule has 0 spiro atoms. The lowest BCUT2D eigenvalue weighted by molar-refractivity contribution is -0.140. The van der Waals surface area contributed by atoms with E-state index >= 15 is 0 Å². The number of urea groups is 1. The van der Waals surface area contributed by atoms with Crippen molar-refractivity contribution in [2.75, 3.05) is 6.54 Å². The second-order valence-corrected chi connectivity index (χ2v) is 9.15. The summed E-state index contributed by atoms with van der Waals surface area (Å²) in [6, 6.07) is 17.8. The first-order valence-electron chi connectivity index (χ1n) is 11.5. The number of hydrogen-bond acceptors (Lipinski definition) is 5. The van der Waals surface area contributed by atoms with Gasteiger partial charge in [0.2, 0.25) is 0 Å². The monoisotopic (exact) mass is 470 g/mol. The number of carbonyl (C=O) groups is 3. The molecule has 5 rings (SSSR count). The Morgan fingerprint density at radius 1 is 1.09 bits per heavy atom. The number of hydrazone groups is 1. The number of benzene rings is 2. The standard InChI is InChI=1S/C27H26N4O4/c1-17-10-12-19(13-11-17)21-15-22(23-9-6-14-35-23)31(29-21)24(32)16-30-25(33)27(3,28-26(30)34)20-8-5-4-7-18(20)2/h4-14,22H,15-16H2,1-3H3,(H,28,34). The number of imide groups is 1. The average Bonchev–Trinajstić information content (AvgIpc) is 3.56. The molecule has 4 amide bonds. The molecule has 1 N–H and O–H groups in total. The van der Waals surface area contributed by atoms with Gasteiger partial charge < -0.3 is 9.73 Å². The van der Waals surface area contributed by atoms with Gasteiger partial charge in [-0.25, -0.2) is 9.80 Å². The largest absolute Gasteiger partial charge is 0.467 e.